The molecular formula is C13H16N2O2S. The summed E-state index contributed by atoms with van der Waals surface area (Å²) in [4.78, 5) is 18.0. The maximum atomic E-state index is 11.2. The average Bonchev–Trinajstić information content (AvgIpc) is 2.88. The minimum absolute atomic E-state index is 0.725. The first-order chi connectivity index (χ1) is 8.78. The normalized spacial score (nSPS) is 17.4. The Labute approximate surface area is 110 Å². The number of rotatable bonds is 3. The smallest absolute Gasteiger partial charge is 0.166 e. The summed E-state index contributed by atoms with van der Waals surface area (Å²) in [7, 11) is 0. The average molecular weight is 264 g/mol. The molecule has 0 bridgehead atoms. The van der Waals surface area contributed by atoms with Gasteiger partial charge in [0.25, 0.3) is 0 Å². The number of hydrogen-bond donors (Lipinski definition) is 1. The molecule has 4 nitrogen and oxygen atoms in total. The fraction of sp³-hybridized carbons (Fsp3) is 0.462. The standard InChI is InChI=1S/C13H16N2O2S/c1-9-6-11-13(18-9)10(12(8-16)14-11)7-15-2-4-17-5-3-15/h6,8,14H,2-5,7H2,1H3. The van der Waals surface area contributed by atoms with Crippen molar-refractivity contribution in [2.24, 2.45) is 0 Å². The quantitative estimate of drug-likeness (QED) is 0.864. The number of morpholine rings is 1. The van der Waals surface area contributed by atoms with E-state index in [1.165, 1.54) is 9.58 Å². The molecule has 1 aliphatic heterocycles. The highest BCUT2D eigenvalue weighted by molar-refractivity contribution is 7.19. The molecule has 1 saturated heterocycles. The maximum Gasteiger partial charge on any atom is 0.166 e. The fourth-order valence-electron chi connectivity index (χ4n) is 2.41. The lowest BCUT2D eigenvalue weighted by atomic mass is 10.2. The highest BCUT2D eigenvalue weighted by Crippen LogP contribution is 2.31. The minimum Gasteiger partial charge on any atom is -0.379 e. The summed E-state index contributed by atoms with van der Waals surface area (Å²) in [5, 5.41) is 0. The Kier molecular flexibility index (Phi) is 3.20. The SMILES string of the molecule is Cc1cc2[nH]c(C=O)c(CN3CCOCC3)c2s1. The summed E-state index contributed by atoms with van der Waals surface area (Å²) in [5.41, 5.74) is 2.95. The summed E-state index contributed by atoms with van der Waals surface area (Å²) < 4.78 is 6.57. The Balaban J connectivity index is 1.94. The second-order valence-corrected chi connectivity index (χ2v) is 5.88. The zero-order chi connectivity index (χ0) is 12.5. The van der Waals surface area contributed by atoms with Crippen molar-refractivity contribution in [1.82, 2.24) is 9.88 Å². The molecule has 1 N–H and O–H groups in total. The third-order valence-corrected chi connectivity index (χ3v) is 4.44. The predicted molar refractivity (Wildman–Crippen MR) is 72.4 cm³/mol. The fourth-order valence-corrected chi connectivity index (χ4v) is 3.43. The summed E-state index contributed by atoms with van der Waals surface area (Å²) >= 11 is 1.76. The van der Waals surface area contributed by atoms with Crippen molar-refractivity contribution in [2.75, 3.05) is 26.3 Å². The van der Waals surface area contributed by atoms with Crippen LogP contribution in [0.4, 0.5) is 0 Å². The monoisotopic (exact) mass is 264 g/mol. The van der Waals surface area contributed by atoms with Gasteiger partial charge in [-0.05, 0) is 13.0 Å². The van der Waals surface area contributed by atoms with E-state index in [2.05, 4.69) is 22.9 Å². The van der Waals surface area contributed by atoms with Crippen LogP contribution < -0.4 is 0 Å². The number of aromatic amines is 1. The number of carbonyl (C=O) groups excluding carboxylic acids is 1. The Morgan fingerprint density at radius 2 is 2.28 bits per heavy atom. The minimum atomic E-state index is 0.725. The van der Waals surface area contributed by atoms with Crippen molar-refractivity contribution < 1.29 is 9.53 Å². The van der Waals surface area contributed by atoms with E-state index >= 15 is 0 Å². The lowest BCUT2D eigenvalue weighted by Gasteiger charge is -2.26. The van der Waals surface area contributed by atoms with Crippen LogP contribution in [0, 0.1) is 6.92 Å². The number of nitrogens with zero attached hydrogens (tertiary/aromatic N) is 1. The number of nitrogens with one attached hydrogen (secondary N) is 1. The van der Waals surface area contributed by atoms with Gasteiger partial charge in [-0.3, -0.25) is 9.69 Å². The van der Waals surface area contributed by atoms with Crippen molar-refractivity contribution in [1.29, 1.82) is 0 Å². The van der Waals surface area contributed by atoms with Gasteiger partial charge in [-0.15, -0.1) is 11.3 Å². The molecule has 18 heavy (non-hydrogen) atoms. The van der Waals surface area contributed by atoms with E-state index < -0.39 is 0 Å². The molecule has 1 fully saturated rings. The lowest BCUT2D eigenvalue weighted by Crippen LogP contribution is -2.35. The van der Waals surface area contributed by atoms with Gasteiger partial charge in [0.05, 0.1) is 29.1 Å². The van der Waals surface area contributed by atoms with Crippen molar-refractivity contribution in [3.63, 3.8) is 0 Å². The van der Waals surface area contributed by atoms with Crippen LogP contribution in [0.1, 0.15) is 20.9 Å². The second-order valence-electron chi connectivity index (χ2n) is 4.62. The third-order valence-electron chi connectivity index (χ3n) is 3.33. The molecular weight excluding hydrogens is 248 g/mol. The van der Waals surface area contributed by atoms with E-state index in [-0.39, 0.29) is 0 Å². The Morgan fingerprint density at radius 1 is 1.50 bits per heavy atom. The van der Waals surface area contributed by atoms with Crippen LogP contribution >= 0.6 is 11.3 Å². The summed E-state index contributed by atoms with van der Waals surface area (Å²) in [6, 6.07) is 2.11. The molecule has 0 aliphatic carbocycles. The summed E-state index contributed by atoms with van der Waals surface area (Å²) in [6.07, 6.45) is 0.928. The number of thiophene rings is 1. The van der Waals surface area contributed by atoms with E-state index in [0.717, 1.165) is 55.9 Å². The Morgan fingerprint density at radius 3 is 3.00 bits per heavy atom. The molecule has 0 amide bonds. The Hall–Kier alpha value is -1.17. The van der Waals surface area contributed by atoms with Gasteiger partial charge in [-0.2, -0.15) is 0 Å². The number of hydrogen-bond acceptors (Lipinski definition) is 4. The van der Waals surface area contributed by atoms with Crippen LogP contribution in [0.25, 0.3) is 10.2 Å². The van der Waals surface area contributed by atoms with Gasteiger partial charge in [0.1, 0.15) is 0 Å². The molecule has 0 aromatic carbocycles. The summed E-state index contributed by atoms with van der Waals surface area (Å²) in [5.74, 6) is 0. The number of aromatic nitrogens is 1. The molecule has 0 unspecified atom stereocenters. The van der Waals surface area contributed by atoms with E-state index in [1.807, 2.05) is 0 Å². The van der Waals surface area contributed by atoms with Gasteiger partial charge in [0.15, 0.2) is 6.29 Å². The van der Waals surface area contributed by atoms with Crippen LogP contribution in [0.15, 0.2) is 6.07 Å². The zero-order valence-corrected chi connectivity index (χ0v) is 11.2. The molecule has 1 aliphatic rings. The van der Waals surface area contributed by atoms with E-state index in [9.17, 15) is 4.79 Å². The molecule has 0 saturated carbocycles. The molecule has 96 valence electrons. The zero-order valence-electron chi connectivity index (χ0n) is 10.4. The van der Waals surface area contributed by atoms with Crippen LogP contribution in [0.2, 0.25) is 0 Å². The van der Waals surface area contributed by atoms with E-state index in [0.29, 0.717) is 0 Å². The van der Waals surface area contributed by atoms with Crippen LogP contribution in [-0.2, 0) is 11.3 Å². The van der Waals surface area contributed by atoms with E-state index in [1.54, 1.807) is 11.3 Å². The van der Waals surface area contributed by atoms with Gasteiger partial charge in [-0.25, -0.2) is 0 Å². The van der Waals surface area contributed by atoms with Gasteiger partial charge in [0.2, 0.25) is 0 Å². The van der Waals surface area contributed by atoms with Crippen molar-refractivity contribution in [2.45, 2.75) is 13.5 Å². The van der Waals surface area contributed by atoms with Crippen molar-refractivity contribution in [3.05, 3.63) is 22.2 Å². The largest absolute Gasteiger partial charge is 0.379 e. The molecule has 3 rings (SSSR count). The van der Waals surface area contributed by atoms with Gasteiger partial charge < -0.3 is 9.72 Å². The van der Waals surface area contributed by atoms with E-state index in [4.69, 9.17) is 4.74 Å². The predicted octanol–water partition coefficient (Wildman–Crippen LogP) is 2.18. The number of fused-ring (bicyclic) bond motifs is 1. The number of ether oxygens (including phenoxy) is 1. The highest BCUT2D eigenvalue weighted by atomic mass is 32.1. The first-order valence-electron chi connectivity index (χ1n) is 6.14. The number of H-pyrrole nitrogens is 1. The maximum absolute atomic E-state index is 11.2. The van der Waals surface area contributed by atoms with Crippen molar-refractivity contribution >= 4 is 27.8 Å². The third kappa shape index (κ3) is 2.09. The molecule has 0 atom stereocenters. The van der Waals surface area contributed by atoms with Crippen molar-refractivity contribution in [3.8, 4) is 0 Å². The molecule has 5 heteroatoms. The lowest BCUT2D eigenvalue weighted by molar-refractivity contribution is 0.0343. The Bertz CT molecular complexity index is 567. The van der Waals surface area contributed by atoms with Gasteiger partial charge >= 0.3 is 0 Å². The van der Waals surface area contributed by atoms with Crippen LogP contribution in [0.5, 0.6) is 0 Å². The van der Waals surface area contributed by atoms with Crippen LogP contribution in [0.3, 0.4) is 0 Å². The molecule has 2 aromatic rings. The number of aldehydes is 1. The molecule has 2 aromatic heterocycles. The highest BCUT2D eigenvalue weighted by Gasteiger charge is 2.18. The van der Waals surface area contributed by atoms with Crippen LogP contribution in [-0.4, -0.2) is 42.5 Å². The first kappa shape index (κ1) is 11.9. The number of aryl methyl sites for hydroxylation is 1. The number of carbonyl (C=O) groups is 1. The second kappa shape index (κ2) is 4.84. The van der Waals surface area contributed by atoms with Gasteiger partial charge in [-0.1, -0.05) is 0 Å². The first-order valence-corrected chi connectivity index (χ1v) is 6.96. The summed E-state index contributed by atoms with van der Waals surface area (Å²) in [6.45, 7) is 6.38. The topological polar surface area (TPSA) is 45.3 Å². The molecule has 0 radical (unpaired) electrons. The van der Waals surface area contributed by atoms with Gasteiger partial charge in [0, 0.05) is 30.1 Å². The molecule has 0 spiro atoms. The molecule has 3 heterocycles.